The summed E-state index contributed by atoms with van der Waals surface area (Å²) in [5, 5.41) is 0. The van der Waals surface area contributed by atoms with Crippen molar-refractivity contribution in [1.29, 1.82) is 0 Å². The van der Waals surface area contributed by atoms with E-state index >= 15 is 0 Å². The maximum atomic E-state index is 14.1. The number of allylic oxidation sites excluding steroid dienone is 11. The number of nitrogens with zero attached hydrogens (tertiary/aromatic N) is 4. The molecule has 1 atom stereocenters. The molecule has 7 heteroatoms. The van der Waals surface area contributed by atoms with Crippen LogP contribution in [0.5, 0.6) is 0 Å². The summed E-state index contributed by atoms with van der Waals surface area (Å²) in [5.41, 5.74) is 5.62. The summed E-state index contributed by atoms with van der Waals surface area (Å²) in [4.78, 5) is 18.5. The molecule has 0 N–H and O–H groups in total. The number of ether oxygens (including phenoxy) is 1. The second kappa shape index (κ2) is 9.02. The van der Waals surface area contributed by atoms with Crippen LogP contribution in [0.2, 0.25) is 0 Å². The first kappa shape index (κ1) is 21.0. The zero-order chi connectivity index (χ0) is 25.5. The summed E-state index contributed by atoms with van der Waals surface area (Å²) in [6, 6.07) is 3.85. The largest absolute Gasteiger partial charge is 0.369 e. The van der Waals surface area contributed by atoms with Gasteiger partial charge in [-0.15, -0.1) is 0 Å². The number of hydrogen-bond acceptors (Lipinski definition) is 5. The van der Waals surface area contributed by atoms with E-state index in [-0.39, 0.29) is 18.2 Å². The van der Waals surface area contributed by atoms with Gasteiger partial charge in [0.25, 0.3) is 0 Å². The molecule has 36 heavy (non-hydrogen) atoms. The van der Waals surface area contributed by atoms with Crippen LogP contribution in [0, 0.1) is 11.6 Å². The van der Waals surface area contributed by atoms with Gasteiger partial charge in [-0.1, -0.05) is 6.07 Å². The van der Waals surface area contributed by atoms with Gasteiger partial charge in [-0.05, 0) is 85.9 Å². The molecular formula is C29H20F2N4O. The Labute approximate surface area is 208 Å². The fourth-order valence-electron chi connectivity index (χ4n) is 4.12. The van der Waals surface area contributed by atoms with Gasteiger partial charge in [0.15, 0.2) is 0 Å². The standard InChI is InChI=1S/C29H20F2N4O/c1-17(36-16-26-27(30)3-2-4-28(26)31)25-14-24-13-22-8-7-20(33-22)11-18-5-6-19(32-18)12-21-9-10-23(34-21)15-29(25)35-24/h2-15,17H,16H2,1H3/i14D. The molecule has 5 heterocycles. The van der Waals surface area contributed by atoms with Crippen molar-refractivity contribution in [3.63, 3.8) is 0 Å². The minimum absolute atomic E-state index is 0.157. The molecule has 1 aromatic carbocycles. The van der Waals surface area contributed by atoms with Gasteiger partial charge >= 0.3 is 0 Å². The number of benzene rings is 1. The SMILES string of the molecule is [2H]C1=C(C(C)OCc2c(F)cccc2F)C2=CC3=NC(=CC4=NC(=CC5=NC(=CC1=N2)C=C5)C=C4)C=C3. The van der Waals surface area contributed by atoms with Crippen LogP contribution >= 0.6 is 0 Å². The van der Waals surface area contributed by atoms with Gasteiger partial charge in [0.2, 0.25) is 0 Å². The van der Waals surface area contributed by atoms with Crippen LogP contribution in [0.4, 0.5) is 8.78 Å². The fraction of sp³-hybridized carbons (Fsp3) is 0.103. The van der Waals surface area contributed by atoms with Gasteiger partial charge in [0.05, 0.1) is 59.7 Å². The van der Waals surface area contributed by atoms with Crippen molar-refractivity contribution in [3.8, 4) is 0 Å². The Balaban J connectivity index is 1.39. The first-order valence-corrected chi connectivity index (χ1v) is 11.4. The monoisotopic (exact) mass is 479 g/mol. The van der Waals surface area contributed by atoms with Crippen LogP contribution in [-0.2, 0) is 11.3 Å². The molecule has 8 bridgehead atoms. The first-order valence-electron chi connectivity index (χ1n) is 11.9. The third-order valence-corrected chi connectivity index (χ3v) is 5.94. The average molecular weight is 480 g/mol. The van der Waals surface area contributed by atoms with Crippen LogP contribution in [0.25, 0.3) is 0 Å². The lowest BCUT2D eigenvalue weighted by Crippen LogP contribution is -2.13. The fourth-order valence-corrected chi connectivity index (χ4v) is 4.12. The lowest BCUT2D eigenvalue weighted by molar-refractivity contribution is 0.0741. The number of aliphatic imine (C=N–C) groups is 4. The molecule has 0 radical (unpaired) electrons. The second-order valence-electron chi connectivity index (χ2n) is 8.54. The van der Waals surface area contributed by atoms with Crippen molar-refractivity contribution in [1.82, 2.24) is 0 Å². The smallest absolute Gasteiger partial charge is 0.131 e. The zero-order valence-electron chi connectivity index (χ0n) is 20.2. The van der Waals surface area contributed by atoms with E-state index in [9.17, 15) is 8.78 Å². The van der Waals surface area contributed by atoms with E-state index in [0.29, 0.717) is 28.4 Å². The van der Waals surface area contributed by atoms with Crippen LogP contribution in [0.15, 0.2) is 133 Å². The normalized spacial score (nSPS) is 20.9. The maximum Gasteiger partial charge on any atom is 0.131 e. The van der Waals surface area contributed by atoms with E-state index in [0.717, 1.165) is 22.8 Å². The van der Waals surface area contributed by atoms with Crippen molar-refractivity contribution in [2.45, 2.75) is 19.6 Å². The van der Waals surface area contributed by atoms with Gasteiger partial charge < -0.3 is 4.74 Å². The highest BCUT2D eigenvalue weighted by atomic mass is 19.1. The quantitative estimate of drug-likeness (QED) is 0.536. The number of fused-ring (bicyclic) bond motifs is 4. The first-order chi connectivity index (χ1) is 17.9. The predicted octanol–water partition coefficient (Wildman–Crippen LogP) is 5.83. The van der Waals surface area contributed by atoms with Gasteiger partial charge in [0.1, 0.15) is 11.6 Å². The van der Waals surface area contributed by atoms with Crippen LogP contribution < -0.4 is 0 Å². The molecule has 0 fully saturated rings. The molecule has 5 aliphatic heterocycles. The molecule has 5 aliphatic rings. The van der Waals surface area contributed by atoms with Crippen LogP contribution in [0.1, 0.15) is 13.9 Å². The van der Waals surface area contributed by atoms with Gasteiger partial charge in [-0.2, -0.15) is 0 Å². The number of hydrogen-bond donors (Lipinski definition) is 0. The molecule has 1 unspecified atom stereocenters. The third-order valence-electron chi connectivity index (χ3n) is 5.94. The molecular weight excluding hydrogens is 458 g/mol. The predicted molar refractivity (Wildman–Crippen MR) is 138 cm³/mol. The molecule has 0 aromatic heterocycles. The van der Waals surface area contributed by atoms with Crippen LogP contribution in [0.3, 0.4) is 0 Å². The molecule has 0 spiro atoms. The summed E-state index contributed by atoms with van der Waals surface area (Å²) in [6.07, 6.45) is 17.9. The Morgan fingerprint density at radius 1 is 0.750 bits per heavy atom. The molecule has 0 saturated carbocycles. The van der Waals surface area contributed by atoms with E-state index in [2.05, 4.69) is 20.0 Å². The number of halogens is 2. The van der Waals surface area contributed by atoms with E-state index < -0.39 is 17.7 Å². The molecule has 1 aromatic rings. The molecule has 6 rings (SSSR count). The minimum atomic E-state index is -0.678. The lowest BCUT2D eigenvalue weighted by atomic mass is 10.1. The second-order valence-corrected chi connectivity index (χ2v) is 8.54. The maximum absolute atomic E-state index is 14.1. The summed E-state index contributed by atoms with van der Waals surface area (Å²) in [7, 11) is 0. The third kappa shape index (κ3) is 4.48. The van der Waals surface area contributed by atoms with Crippen LogP contribution in [-0.4, -0.2) is 29.0 Å². The van der Waals surface area contributed by atoms with Gasteiger partial charge in [-0.25, -0.2) is 28.8 Å². The van der Waals surface area contributed by atoms with Crippen molar-refractivity contribution in [2.75, 3.05) is 0 Å². The van der Waals surface area contributed by atoms with Crippen molar-refractivity contribution >= 4 is 22.8 Å². The molecule has 5 nitrogen and oxygen atoms in total. The van der Waals surface area contributed by atoms with E-state index in [1.54, 1.807) is 19.1 Å². The molecule has 0 aliphatic carbocycles. The Morgan fingerprint density at radius 3 is 1.86 bits per heavy atom. The molecule has 176 valence electrons. The topological polar surface area (TPSA) is 58.7 Å². The Bertz CT molecular complexity index is 1590. The summed E-state index contributed by atoms with van der Waals surface area (Å²) < 4.78 is 43.0. The highest BCUT2D eigenvalue weighted by molar-refractivity contribution is 6.15. The lowest BCUT2D eigenvalue weighted by Gasteiger charge is -2.16. The highest BCUT2D eigenvalue weighted by Gasteiger charge is 2.22. The molecule has 0 amide bonds. The zero-order valence-corrected chi connectivity index (χ0v) is 19.2. The van der Waals surface area contributed by atoms with Crippen molar-refractivity contribution in [3.05, 3.63) is 131 Å². The highest BCUT2D eigenvalue weighted by Crippen LogP contribution is 2.28. The summed E-state index contributed by atoms with van der Waals surface area (Å²) >= 11 is 0. The van der Waals surface area contributed by atoms with Crippen molar-refractivity contribution < 1.29 is 14.9 Å². The average Bonchev–Trinajstić information content (AvgIpc) is 3.64. The molecule has 0 saturated heterocycles. The van der Waals surface area contributed by atoms with E-state index in [4.69, 9.17) is 6.11 Å². The Hall–Kier alpha value is -4.36. The minimum Gasteiger partial charge on any atom is -0.369 e. The summed E-state index contributed by atoms with van der Waals surface area (Å²) in [6.45, 7) is 1.45. The Kier molecular flexibility index (Phi) is 5.25. The van der Waals surface area contributed by atoms with E-state index in [1.807, 2.05) is 48.6 Å². The Morgan fingerprint density at radius 2 is 1.28 bits per heavy atom. The van der Waals surface area contributed by atoms with E-state index in [1.165, 1.54) is 18.2 Å². The van der Waals surface area contributed by atoms with Gasteiger partial charge in [0, 0.05) is 11.1 Å². The summed E-state index contributed by atoms with van der Waals surface area (Å²) in [5.74, 6) is -1.36. The van der Waals surface area contributed by atoms with Gasteiger partial charge in [-0.3, -0.25) is 0 Å². The van der Waals surface area contributed by atoms with Crippen molar-refractivity contribution in [2.24, 2.45) is 20.0 Å². The number of rotatable bonds is 4.